The summed E-state index contributed by atoms with van der Waals surface area (Å²) < 4.78 is 3.39. The molecule has 0 atom stereocenters. The summed E-state index contributed by atoms with van der Waals surface area (Å²) in [7, 11) is 0. The lowest BCUT2D eigenvalue weighted by Gasteiger charge is -2.06. The smallest absolute Gasteiger partial charge is 0.224 e. The molecule has 0 unspecified atom stereocenters. The zero-order valence-corrected chi connectivity index (χ0v) is 14.9. The Morgan fingerprint density at radius 3 is 3.00 bits per heavy atom. The number of hydrogen-bond donors (Lipinski definition) is 1. The van der Waals surface area contributed by atoms with Crippen molar-refractivity contribution >= 4 is 32.4 Å². The van der Waals surface area contributed by atoms with Crippen LogP contribution in [0.4, 0.5) is 0 Å². The van der Waals surface area contributed by atoms with Crippen LogP contribution in [-0.4, -0.2) is 15.3 Å². The topological polar surface area (TPSA) is 46.4 Å². The molecule has 1 aliphatic carbocycles. The van der Waals surface area contributed by atoms with Gasteiger partial charge in [-0.05, 0) is 50.8 Å². The predicted octanol–water partition coefficient (Wildman–Crippen LogP) is 4.36. The molecule has 24 heavy (non-hydrogen) atoms. The number of imidazole rings is 1. The molecule has 124 valence electrons. The molecule has 0 bridgehead atoms. The second-order valence-electron chi connectivity index (χ2n) is 6.62. The highest BCUT2D eigenvalue weighted by atomic mass is 32.1. The highest BCUT2D eigenvalue weighted by Crippen LogP contribution is 2.27. The molecule has 0 saturated carbocycles. The zero-order valence-electron chi connectivity index (χ0n) is 14.1. The van der Waals surface area contributed by atoms with Gasteiger partial charge in [0.1, 0.15) is 0 Å². The van der Waals surface area contributed by atoms with Gasteiger partial charge in [-0.2, -0.15) is 0 Å². The molecule has 4 rings (SSSR count). The van der Waals surface area contributed by atoms with E-state index in [0.29, 0.717) is 12.8 Å². The molecule has 0 aliphatic heterocycles. The Kier molecular flexibility index (Phi) is 3.88. The number of amides is 1. The molecule has 3 aromatic rings. The minimum atomic E-state index is 0.100. The second kappa shape index (κ2) is 6.06. The largest absolute Gasteiger partial charge is 0.330 e. The molecule has 5 heteroatoms. The van der Waals surface area contributed by atoms with Gasteiger partial charge in [-0.1, -0.05) is 23.0 Å². The molecule has 0 spiro atoms. The number of allylic oxidation sites excluding steroid dienone is 2. The van der Waals surface area contributed by atoms with Crippen molar-refractivity contribution in [1.82, 2.24) is 14.7 Å². The number of benzene rings is 1. The molecule has 1 N–H and O–H groups in total. The van der Waals surface area contributed by atoms with Gasteiger partial charge in [-0.3, -0.25) is 9.20 Å². The van der Waals surface area contributed by atoms with Crippen LogP contribution >= 0.6 is 11.3 Å². The van der Waals surface area contributed by atoms with Crippen molar-refractivity contribution in [2.45, 2.75) is 46.0 Å². The number of hydrogen-bond acceptors (Lipinski definition) is 3. The van der Waals surface area contributed by atoms with Gasteiger partial charge >= 0.3 is 0 Å². The summed E-state index contributed by atoms with van der Waals surface area (Å²) in [5.74, 6) is 0.100. The molecule has 2 heterocycles. The van der Waals surface area contributed by atoms with Crippen molar-refractivity contribution in [3.8, 4) is 0 Å². The van der Waals surface area contributed by atoms with Gasteiger partial charge in [-0.15, -0.1) is 0 Å². The summed E-state index contributed by atoms with van der Waals surface area (Å²) in [5.41, 5.74) is 5.90. The van der Waals surface area contributed by atoms with Gasteiger partial charge in [0.25, 0.3) is 0 Å². The van der Waals surface area contributed by atoms with Crippen molar-refractivity contribution in [1.29, 1.82) is 0 Å². The van der Waals surface area contributed by atoms with E-state index in [1.807, 2.05) is 0 Å². The number of thiazole rings is 1. The average Bonchev–Trinajstić information content (AvgIpc) is 3.20. The Labute approximate surface area is 145 Å². The summed E-state index contributed by atoms with van der Waals surface area (Å²) in [5, 5.41) is 3.07. The van der Waals surface area contributed by atoms with Crippen molar-refractivity contribution in [3.63, 3.8) is 0 Å². The Hall–Kier alpha value is -2.14. The first-order chi connectivity index (χ1) is 11.6. The monoisotopic (exact) mass is 339 g/mol. The van der Waals surface area contributed by atoms with Gasteiger partial charge in [0.15, 0.2) is 4.96 Å². The molecule has 1 aliphatic rings. The maximum atomic E-state index is 12.1. The standard InChI is InChI=1S/C19H21N3OS/c1-12-6-8-16-17(10-12)24-19-20-14(11-22(16)19)7-9-18(23)21-15-5-3-4-13(15)2/h6,8,10-11H,3-5,7,9H2,1-2H3,(H,21,23). The maximum absolute atomic E-state index is 12.1. The van der Waals surface area contributed by atoms with Gasteiger partial charge < -0.3 is 5.32 Å². The first kappa shape index (κ1) is 15.4. The molecule has 4 nitrogen and oxygen atoms in total. The number of aromatic nitrogens is 2. The first-order valence-electron chi connectivity index (χ1n) is 8.46. The van der Waals surface area contributed by atoms with E-state index in [4.69, 9.17) is 0 Å². The van der Waals surface area contributed by atoms with Crippen molar-refractivity contribution in [2.24, 2.45) is 0 Å². The second-order valence-corrected chi connectivity index (χ2v) is 7.63. The Morgan fingerprint density at radius 2 is 2.21 bits per heavy atom. The van der Waals surface area contributed by atoms with Gasteiger partial charge in [0, 0.05) is 24.7 Å². The molecular weight excluding hydrogens is 318 g/mol. The van der Waals surface area contributed by atoms with Crippen LogP contribution < -0.4 is 5.32 Å². The van der Waals surface area contributed by atoms with E-state index in [2.05, 4.69) is 52.9 Å². The van der Waals surface area contributed by atoms with E-state index < -0.39 is 0 Å². The Balaban J connectivity index is 1.47. The fourth-order valence-electron chi connectivity index (χ4n) is 3.31. The van der Waals surface area contributed by atoms with Crippen molar-refractivity contribution < 1.29 is 4.79 Å². The normalized spacial score (nSPS) is 14.9. The molecule has 0 saturated heterocycles. The lowest BCUT2D eigenvalue weighted by atomic mass is 10.2. The number of fused-ring (bicyclic) bond motifs is 3. The lowest BCUT2D eigenvalue weighted by Crippen LogP contribution is -2.22. The molecular formula is C19H21N3OS. The van der Waals surface area contributed by atoms with Crippen LogP contribution in [0.5, 0.6) is 0 Å². The third-order valence-electron chi connectivity index (χ3n) is 4.69. The summed E-state index contributed by atoms with van der Waals surface area (Å²) in [6.07, 6.45) is 6.50. The number of nitrogens with zero attached hydrogens (tertiary/aromatic N) is 2. The molecule has 0 radical (unpaired) electrons. The lowest BCUT2D eigenvalue weighted by molar-refractivity contribution is -0.120. The quantitative estimate of drug-likeness (QED) is 0.767. The van der Waals surface area contributed by atoms with E-state index in [-0.39, 0.29) is 5.91 Å². The average molecular weight is 339 g/mol. The van der Waals surface area contributed by atoms with E-state index in [0.717, 1.165) is 35.6 Å². The van der Waals surface area contributed by atoms with E-state index >= 15 is 0 Å². The number of rotatable bonds is 4. The van der Waals surface area contributed by atoms with E-state index in [1.165, 1.54) is 21.4 Å². The van der Waals surface area contributed by atoms with Crippen LogP contribution in [0, 0.1) is 6.92 Å². The van der Waals surface area contributed by atoms with Crippen molar-refractivity contribution in [3.05, 3.63) is 46.9 Å². The van der Waals surface area contributed by atoms with Crippen LogP contribution in [0.15, 0.2) is 35.7 Å². The minimum absolute atomic E-state index is 0.100. The third-order valence-corrected chi connectivity index (χ3v) is 5.71. The number of aryl methyl sites for hydroxylation is 2. The highest BCUT2D eigenvalue weighted by molar-refractivity contribution is 7.23. The number of nitrogens with one attached hydrogen (secondary N) is 1. The zero-order chi connectivity index (χ0) is 16.7. The fourth-order valence-corrected chi connectivity index (χ4v) is 4.44. The van der Waals surface area contributed by atoms with Crippen LogP contribution in [0.25, 0.3) is 15.2 Å². The predicted molar refractivity (Wildman–Crippen MR) is 98.3 cm³/mol. The van der Waals surface area contributed by atoms with Crippen LogP contribution in [0.2, 0.25) is 0 Å². The van der Waals surface area contributed by atoms with Gasteiger partial charge in [-0.25, -0.2) is 4.98 Å². The van der Waals surface area contributed by atoms with E-state index in [1.54, 1.807) is 11.3 Å². The Morgan fingerprint density at radius 1 is 1.33 bits per heavy atom. The molecule has 1 amide bonds. The van der Waals surface area contributed by atoms with Crippen LogP contribution in [0.1, 0.15) is 43.9 Å². The van der Waals surface area contributed by atoms with Gasteiger partial charge in [0.2, 0.25) is 5.91 Å². The molecule has 1 aromatic carbocycles. The molecule has 0 fully saturated rings. The SMILES string of the molecule is CC1=C(NC(=O)CCc2cn3c(n2)sc2cc(C)ccc23)CCC1. The van der Waals surface area contributed by atoms with Crippen LogP contribution in [0.3, 0.4) is 0 Å². The number of carbonyl (C=O) groups excluding carboxylic acids is 1. The fraction of sp³-hybridized carbons (Fsp3) is 0.368. The third kappa shape index (κ3) is 2.84. The van der Waals surface area contributed by atoms with Crippen molar-refractivity contribution in [2.75, 3.05) is 0 Å². The highest BCUT2D eigenvalue weighted by Gasteiger charge is 2.14. The summed E-state index contributed by atoms with van der Waals surface area (Å²) in [4.78, 5) is 17.8. The molecule has 2 aromatic heterocycles. The van der Waals surface area contributed by atoms with Gasteiger partial charge in [0.05, 0.1) is 15.9 Å². The summed E-state index contributed by atoms with van der Waals surface area (Å²) in [6.45, 7) is 4.21. The Bertz CT molecular complexity index is 964. The number of carbonyl (C=O) groups is 1. The summed E-state index contributed by atoms with van der Waals surface area (Å²) in [6, 6.07) is 6.46. The van der Waals surface area contributed by atoms with E-state index in [9.17, 15) is 4.79 Å². The minimum Gasteiger partial charge on any atom is -0.330 e. The first-order valence-corrected chi connectivity index (χ1v) is 9.27. The maximum Gasteiger partial charge on any atom is 0.224 e. The van der Waals surface area contributed by atoms with Crippen LogP contribution in [-0.2, 0) is 11.2 Å². The summed E-state index contributed by atoms with van der Waals surface area (Å²) >= 11 is 1.70.